The molecule has 0 aliphatic carbocycles. The lowest BCUT2D eigenvalue weighted by Gasteiger charge is -2.20. The van der Waals surface area contributed by atoms with Gasteiger partial charge in [-0.1, -0.05) is 37.3 Å². The smallest absolute Gasteiger partial charge is 0.131 e. The number of benzene rings is 2. The van der Waals surface area contributed by atoms with Crippen LogP contribution in [0.15, 0.2) is 59.4 Å². The zero-order chi connectivity index (χ0) is 14.7. The van der Waals surface area contributed by atoms with Crippen LogP contribution in [0, 0.1) is 5.82 Å². The van der Waals surface area contributed by atoms with E-state index in [2.05, 4.69) is 12.2 Å². The van der Waals surface area contributed by atoms with Gasteiger partial charge in [0.1, 0.15) is 5.82 Å². The number of nitrogens with one attached hydrogen (secondary N) is 1. The number of furan rings is 1. The van der Waals surface area contributed by atoms with Gasteiger partial charge in [0.15, 0.2) is 0 Å². The molecule has 0 amide bonds. The Morgan fingerprint density at radius 1 is 1.10 bits per heavy atom. The standard InChI is InChI=1S/C18H18FNO/c1-2-20-18(11-13-9-10-21-12-13)16-7-8-17(19)15-6-4-3-5-14(15)16/h3-10,12,18,20H,2,11H2,1H3. The molecule has 3 aromatic rings. The Morgan fingerprint density at radius 3 is 2.62 bits per heavy atom. The molecule has 1 unspecified atom stereocenters. The normalized spacial score (nSPS) is 12.7. The summed E-state index contributed by atoms with van der Waals surface area (Å²) < 4.78 is 19.1. The molecule has 0 bridgehead atoms. The van der Waals surface area contributed by atoms with Crippen LogP contribution in [0.25, 0.3) is 10.8 Å². The first-order valence-electron chi connectivity index (χ1n) is 7.21. The summed E-state index contributed by atoms with van der Waals surface area (Å²) in [6.45, 7) is 2.93. The first kappa shape index (κ1) is 13.8. The quantitative estimate of drug-likeness (QED) is 0.747. The lowest BCUT2D eigenvalue weighted by Crippen LogP contribution is -2.23. The Bertz CT molecular complexity index is 721. The van der Waals surface area contributed by atoms with E-state index in [1.54, 1.807) is 18.6 Å². The van der Waals surface area contributed by atoms with Crippen LogP contribution in [0.2, 0.25) is 0 Å². The zero-order valence-electron chi connectivity index (χ0n) is 12.0. The van der Waals surface area contributed by atoms with Gasteiger partial charge in [0.25, 0.3) is 0 Å². The van der Waals surface area contributed by atoms with E-state index in [1.165, 1.54) is 0 Å². The molecule has 0 saturated carbocycles. The summed E-state index contributed by atoms with van der Waals surface area (Å²) in [5.74, 6) is -0.173. The van der Waals surface area contributed by atoms with E-state index in [9.17, 15) is 4.39 Å². The predicted molar refractivity (Wildman–Crippen MR) is 82.7 cm³/mol. The maximum atomic E-state index is 14.0. The lowest BCUT2D eigenvalue weighted by molar-refractivity contribution is 0.536. The number of likely N-dealkylation sites (N-methyl/N-ethyl adjacent to an activating group) is 1. The van der Waals surface area contributed by atoms with Crippen molar-refractivity contribution < 1.29 is 8.81 Å². The van der Waals surface area contributed by atoms with Crippen molar-refractivity contribution in [3.8, 4) is 0 Å². The first-order valence-corrected chi connectivity index (χ1v) is 7.21. The molecule has 0 radical (unpaired) electrons. The van der Waals surface area contributed by atoms with Gasteiger partial charge in [0.2, 0.25) is 0 Å². The summed E-state index contributed by atoms with van der Waals surface area (Å²) in [7, 11) is 0. The van der Waals surface area contributed by atoms with Crippen molar-refractivity contribution in [3.05, 3.63) is 71.9 Å². The van der Waals surface area contributed by atoms with E-state index in [4.69, 9.17) is 4.42 Å². The number of halogens is 1. The Morgan fingerprint density at radius 2 is 1.90 bits per heavy atom. The molecule has 0 aliphatic rings. The summed E-state index contributed by atoms with van der Waals surface area (Å²) in [4.78, 5) is 0. The van der Waals surface area contributed by atoms with E-state index in [0.717, 1.165) is 29.5 Å². The van der Waals surface area contributed by atoms with Gasteiger partial charge >= 0.3 is 0 Å². The topological polar surface area (TPSA) is 25.2 Å². The molecule has 1 aromatic heterocycles. The molecule has 21 heavy (non-hydrogen) atoms. The maximum absolute atomic E-state index is 14.0. The third-order valence-electron chi connectivity index (χ3n) is 3.75. The molecule has 1 N–H and O–H groups in total. The highest BCUT2D eigenvalue weighted by molar-refractivity contribution is 5.86. The Hall–Kier alpha value is -2.13. The van der Waals surface area contributed by atoms with Gasteiger partial charge in [-0.3, -0.25) is 0 Å². The number of fused-ring (bicyclic) bond motifs is 1. The van der Waals surface area contributed by atoms with Crippen LogP contribution >= 0.6 is 0 Å². The molecule has 0 aliphatic heterocycles. The van der Waals surface area contributed by atoms with E-state index in [0.29, 0.717) is 5.39 Å². The Kier molecular flexibility index (Phi) is 4.02. The van der Waals surface area contributed by atoms with Crippen LogP contribution < -0.4 is 5.32 Å². The fourth-order valence-corrected chi connectivity index (χ4v) is 2.77. The van der Waals surface area contributed by atoms with Crippen LogP contribution in [-0.4, -0.2) is 6.54 Å². The van der Waals surface area contributed by atoms with E-state index < -0.39 is 0 Å². The van der Waals surface area contributed by atoms with Crippen molar-refractivity contribution in [3.63, 3.8) is 0 Å². The van der Waals surface area contributed by atoms with E-state index in [1.807, 2.05) is 36.4 Å². The molecule has 2 nitrogen and oxygen atoms in total. The van der Waals surface area contributed by atoms with Crippen LogP contribution in [0.4, 0.5) is 4.39 Å². The van der Waals surface area contributed by atoms with Crippen molar-refractivity contribution >= 4 is 10.8 Å². The minimum atomic E-state index is -0.173. The second-order valence-corrected chi connectivity index (χ2v) is 5.13. The van der Waals surface area contributed by atoms with Gasteiger partial charge in [-0.05, 0) is 41.6 Å². The molecule has 0 fully saturated rings. The molecule has 1 atom stereocenters. The number of rotatable bonds is 5. The van der Waals surface area contributed by atoms with Crippen molar-refractivity contribution in [2.24, 2.45) is 0 Å². The minimum absolute atomic E-state index is 0.137. The summed E-state index contributed by atoms with van der Waals surface area (Å²) in [6.07, 6.45) is 4.26. The van der Waals surface area contributed by atoms with Crippen LogP contribution in [-0.2, 0) is 6.42 Å². The number of hydrogen-bond donors (Lipinski definition) is 1. The molecule has 108 valence electrons. The van der Waals surface area contributed by atoms with Gasteiger partial charge in [-0.2, -0.15) is 0 Å². The minimum Gasteiger partial charge on any atom is -0.472 e. The van der Waals surface area contributed by atoms with E-state index in [-0.39, 0.29) is 11.9 Å². The summed E-state index contributed by atoms with van der Waals surface area (Å²) >= 11 is 0. The van der Waals surface area contributed by atoms with Crippen LogP contribution in [0.5, 0.6) is 0 Å². The maximum Gasteiger partial charge on any atom is 0.131 e. The highest BCUT2D eigenvalue weighted by Gasteiger charge is 2.16. The van der Waals surface area contributed by atoms with Crippen LogP contribution in [0.1, 0.15) is 24.1 Å². The molecule has 0 spiro atoms. The second kappa shape index (κ2) is 6.10. The molecule has 3 rings (SSSR count). The SMILES string of the molecule is CCNC(Cc1ccoc1)c1ccc(F)c2ccccc12. The molecule has 1 heterocycles. The van der Waals surface area contributed by atoms with Gasteiger partial charge in [-0.25, -0.2) is 4.39 Å². The molecule has 2 aromatic carbocycles. The fraction of sp³-hybridized carbons (Fsp3) is 0.222. The Labute approximate surface area is 123 Å². The summed E-state index contributed by atoms with van der Waals surface area (Å²) in [5.41, 5.74) is 2.25. The van der Waals surface area contributed by atoms with E-state index >= 15 is 0 Å². The Balaban J connectivity index is 2.05. The van der Waals surface area contributed by atoms with Gasteiger partial charge in [0.05, 0.1) is 12.5 Å². The largest absolute Gasteiger partial charge is 0.472 e. The molecular formula is C18H18FNO. The van der Waals surface area contributed by atoms with Gasteiger partial charge < -0.3 is 9.73 Å². The lowest BCUT2D eigenvalue weighted by atomic mass is 9.94. The monoisotopic (exact) mass is 283 g/mol. The van der Waals surface area contributed by atoms with Gasteiger partial charge in [-0.15, -0.1) is 0 Å². The van der Waals surface area contributed by atoms with Crippen molar-refractivity contribution in [2.75, 3.05) is 6.54 Å². The highest BCUT2D eigenvalue weighted by atomic mass is 19.1. The fourth-order valence-electron chi connectivity index (χ4n) is 2.77. The van der Waals surface area contributed by atoms with Crippen molar-refractivity contribution in [1.29, 1.82) is 0 Å². The third kappa shape index (κ3) is 2.83. The summed E-state index contributed by atoms with van der Waals surface area (Å²) in [6, 6.07) is 13.2. The highest BCUT2D eigenvalue weighted by Crippen LogP contribution is 2.28. The predicted octanol–water partition coefficient (Wildman–Crippen LogP) is 4.47. The van der Waals surface area contributed by atoms with Crippen molar-refractivity contribution in [2.45, 2.75) is 19.4 Å². The number of hydrogen-bond acceptors (Lipinski definition) is 2. The second-order valence-electron chi connectivity index (χ2n) is 5.13. The molecule has 0 saturated heterocycles. The average molecular weight is 283 g/mol. The molecular weight excluding hydrogens is 265 g/mol. The van der Waals surface area contributed by atoms with Gasteiger partial charge in [0, 0.05) is 11.4 Å². The third-order valence-corrected chi connectivity index (χ3v) is 3.75. The zero-order valence-corrected chi connectivity index (χ0v) is 12.0. The summed E-state index contributed by atoms with van der Waals surface area (Å²) in [5, 5.41) is 5.12. The first-order chi connectivity index (χ1) is 10.3. The van der Waals surface area contributed by atoms with Crippen molar-refractivity contribution in [1.82, 2.24) is 5.32 Å². The average Bonchev–Trinajstić information content (AvgIpc) is 3.01. The van der Waals surface area contributed by atoms with Crippen LogP contribution in [0.3, 0.4) is 0 Å². The molecule has 3 heteroatoms.